The first-order valence-corrected chi connectivity index (χ1v) is 9.80. The van der Waals surface area contributed by atoms with E-state index < -0.39 is 0 Å². The van der Waals surface area contributed by atoms with Gasteiger partial charge in [-0.1, -0.05) is 30.3 Å². The number of anilines is 1. The summed E-state index contributed by atoms with van der Waals surface area (Å²) in [6.45, 7) is 2.82. The lowest BCUT2D eigenvalue weighted by molar-refractivity contribution is 0.414. The number of nitrogens with one attached hydrogen (secondary N) is 1. The number of fused-ring (bicyclic) bond motifs is 1. The van der Waals surface area contributed by atoms with Crippen molar-refractivity contribution in [2.75, 3.05) is 19.0 Å². The Labute approximate surface area is 162 Å². The largest absolute Gasteiger partial charge is 0.497 e. The second-order valence-corrected chi connectivity index (χ2v) is 7.30. The van der Waals surface area contributed by atoms with Gasteiger partial charge in [-0.3, -0.25) is 0 Å². The van der Waals surface area contributed by atoms with E-state index in [4.69, 9.17) is 9.72 Å². The van der Waals surface area contributed by atoms with Crippen LogP contribution in [0, 0.1) is 6.92 Å². The molecular weight excluding hydrogens is 354 g/mol. The minimum absolute atomic E-state index is 0.777. The van der Waals surface area contributed by atoms with Crippen LogP contribution in [0.3, 0.4) is 0 Å². The van der Waals surface area contributed by atoms with Crippen LogP contribution in [0.2, 0.25) is 0 Å². The average Bonchev–Trinajstić information content (AvgIpc) is 3.12. The van der Waals surface area contributed by atoms with E-state index in [1.165, 1.54) is 15.6 Å². The number of hydrogen-bond donors (Lipinski definition) is 1. The Kier molecular flexibility index (Phi) is 5.03. The molecule has 0 aliphatic carbocycles. The fourth-order valence-corrected chi connectivity index (χ4v) is 4.00. The Balaban J connectivity index is 1.50. The van der Waals surface area contributed by atoms with Crippen LogP contribution >= 0.6 is 11.3 Å². The Morgan fingerprint density at radius 2 is 1.85 bits per heavy atom. The second-order valence-electron chi connectivity index (χ2n) is 6.39. The van der Waals surface area contributed by atoms with Crippen LogP contribution in [0.25, 0.3) is 21.5 Å². The number of ether oxygens (including phenoxy) is 1. The molecule has 5 heteroatoms. The normalized spacial score (nSPS) is 10.9. The number of aryl methyl sites for hydroxylation is 1. The van der Waals surface area contributed by atoms with Crippen molar-refractivity contribution in [1.82, 2.24) is 9.97 Å². The highest BCUT2D eigenvalue weighted by molar-refractivity contribution is 7.17. The minimum Gasteiger partial charge on any atom is -0.497 e. The van der Waals surface area contributed by atoms with Gasteiger partial charge in [-0.05, 0) is 37.1 Å². The highest BCUT2D eigenvalue weighted by Crippen LogP contribution is 2.32. The van der Waals surface area contributed by atoms with Crippen molar-refractivity contribution >= 4 is 27.2 Å². The summed E-state index contributed by atoms with van der Waals surface area (Å²) >= 11 is 1.73. The van der Waals surface area contributed by atoms with E-state index in [-0.39, 0.29) is 0 Å². The zero-order chi connectivity index (χ0) is 18.6. The molecule has 0 radical (unpaired) electrons. The molecule has 0 aliphatic rings. The van der Waals surface area contributed by atoms with Gasteiger partial charge in [0.05, 0.1) is 7.11 Å². The van der Waals surface area contributed by atoms with Gasteiger partial charge in [0.25, 0.3) is 0 Å². The van der Waals surface area contributed by atoms with Crippen LogP contribution in [0.15, 0.2) is 60.0 Å². The molecule has 4 rings (SSSR count). The molecule has 0 aliphatic heterocycles. The fraction of sp³-hybridized carbons (Fsp3) is 0.182. The summed E-state index contributed by atoms with van der Waals surface area (Å²) in [5.74, 6) is 2.52. The van der Waals surface area contributed by atoms with Gasteiger partial charge in [0.15, 0.2) is 5.82 Å². The molecule has 4 aromatic rings. The molecule has 0 unspecified atom stereocenters. The lowest BCUT2D eigenvalue weighted by Crippen LogP contribution is -2.07. The lowest BCUT2D eigenvalue weighted by Gasteiger charge is -2.09. The van der Waals surface area contributed by atoms with Crippen LogP contribution in [0.5, 0.6) is 5.75 Å². The van der Waals surface area contributed by atoms with Crippen LogP contribution in [-0.4, -0.2) is 23.6 Å². The van der Waals surface area contributed by atoms with Crippen LogP contribution in [0.4, 0.5) is 5.82 Å². The third-order valence-corrected chi connectivity index (χ3v) is 5.42. The summed E-state index contributed by atoms with van der Waals surface area (Å²) in [6.07, 6.45) is 0.920. The maximum absolute atomic E-state index is 5.20. The summed E-state index contributed by atoms with van der Waals surface area (Å²) in [7, 11) is 1.68. The predicted molar refractivity (Wildman–Crippen MR) is 113 cm³/mol. The van der Waals surface area contributed by atoms with Gasteiger partial charge in [0, 0.05) is 39.3 Å². The summed E-state index contributed by atoms with van der Waals surface area (Å²) < 4.78 is 6.46. The zero-order valence-corrected chi connectivity index (χ0v) is 16.2. The molecule has 0 spiro atoms. The van der Waals surface area contributed by atoms with Crippen LogP contribution in [0.1, 0.15) is 11.3 Å². The van der Waals surface area contributed by atoms with Gasteiger partial charge >= 0.3 is 0 Å². The smallest absolute Gasteiger partial charge is 0.163 e. The molecule has 0 fully saturated rings. The van der Waals surface area contributed by atoms with Crippen molar-refractivity contribution in [3.63, 3.8) is 0 Å². The molecule has 2 heterocycles. The number of rotatable bonds is 6. The van der Waals surface area contributed by atoms with Gasteiger partial charge in [0.1, 0.15) is 11.6 Å². The van der Waals surface area contributed by atoms with E-state index in [1.54, 1.807) is 18.4 Å². The van der Waals surface area contributed by atoms with E-state index in [2.05, 4.69) is 52.1 Å². The molecule has 0 saturated carbocycles. The Morgan fingerprint density at radius 3 is 2.67 bits per heavy atom. The first-order chi connectivity index (χ1) is 13.2. The summed E-state index contributed by atoms with van der Waals surface area (Å²) in [5.41, 5.74) is 3.32. The fourth-order valence-electron chi connectivity index (χ4n) is 3.06. The van der Waals surface area contributed by atoms with Crippen molar-refractivity contribution in [3.05, 3.63) is 71.2 Å². The van der Waals surface area contributed by atoms with Crippen LogP contribution < -0.4 is 10.1 Å². The molecule has 0 amide bonds. The molecule has 1 N–H and O–H groups in total. The van der Waals surface area contributed by atoms with Gasteiger partial charge in [0.2, 0.25) is 0 Å². The van der Waals surface area contributed by atoms with E-state index >= 15 is 0 Å². The second kappa shape index (κ2) is 7.76. The number of thiophene rings is 1. The van der Waals surface area contributed by atoms with Gasteiger partial charge in [-0.2, -0.15) is 0 Å². The molecule has 2 aromatic carbocycles. The number of nitrogens with zero attached hydrogens (tertiary/aromatic N) is 2. The third-order valence-electron chi connectivity index (χ3n) is 4.45. The van der Waals surface area contributed by atoms with Crippen molar-refractivity contribution < 1.29 is 4.74 Å². The van der Waals surface area contributed by atoms with E-state index in [1.807, 2.05) is 25.1 Å². The predicted octanol–water partition coefficient (Wildman–Crippen LogP) is 5.33. The van der Waals surface area contributed by atoms with E-state index in [0.717, 1.165) is 41.6 Å². The number of methoxy groups -OCH3 is 1. The highest BCUT2D eigenvalue weighted by Gasteiger charge is 2.10. The van der Waals surface area contributed by atoms with Crippen LogP contribution in [-0.2, 0) is 6.42 Å². The molecular formula is C22H21N3OS. The SMILES string of the molecule is COc1ccc(CCNc2cc(C)nc(-c3csc4ccccc34)n2)cc1. The third kappa shape index (κ3) is 3.93. The maximum atomic E-state index is 5.20. The molecule has 0 bridgehead atoms. The summed E-state index contributed by atoms with van der Waals surface area (Å²) in [4.78, 5) is 9.40. The molecule has 2 aromatic heterocycles. The topological polar surface area (TPSA) is 47.0 Å². The number of benzene rings is 2. The quantitative estimate of drug-likeness (QED) is 0.495. The van der Waals surface area contributed by atoms with Crippen molar-refractivity contribution in [1.29, 1.82) is 0 Å². The Morgan fingerprint density at radius 1 is 1.04 bits per heavy atom. The van der Waals surface area contributed by atoms with Gasteiger partial charge < -0.3 is 10.1 Å². The first kappa shape index (κ1) is 17.5. The highest BCUT2D eigenvalue weighted by atomic mass is 32.1. The Hall–Kier alpha value is -2.92. The molecule has 0 saturated heterocycles. The van der Waals surface area contributed by atoms with Gasteiger partial charge in [-0.15, -0.1) is 11.3 Å². The monoisotopic (exact) mass is 375 g/mol. The molecule has 27 heavy (non-hydrogen) atoms. The molecule has 0 atom stereocenters. The molecule has 136 valence electrons. The van der Waals surface area contributed by atoms with Crippen molar-refractivity contribution in [2.45, 2.75) is 13.3 Å². The standard InChI is InChI=1S/C22H21N3OS/c1-15-13-21(23-12-11-16-7-9-17(26-2)10-8-16)25-22(24-15)19-14-27-20-6-4-3-5-18(19)20/h3-10,13-14H,11-12H2,1-2H3,(H,23,24,25). The van der Waals surface area contributed by atoms with Crippen molar-refractivity contribution in [3.8, 4) is 17.1 Å². The Bertz CT molecular complexity index is 1060. The van der Waals surface area contributed by atoms with Crippen molar-refractivity contribution in [2.24, 2.45) is 0 Å². The summed E-state index contributed by atoms with van der Waals surface area (Å²) in [5, 5.41) is 6.78. The van der Waals surface area contributed by atoms with E-state index in [0.29, 0.717) is 0 Å². The summed E-state index contributed by atoms with van der Waals surface area (Å²) in [6, 6.07) is 18.5. The average molecular weight is 375 g/mol. The lowest BCUT2D eigenvalue weighted by atomic mass is 10.1. The zero-order valence-electron chi connectivity index (χ0n) is 15.4. The maximum Gasteiger partial charge on any atom is 0.163 e. The molecule has 4 nitrogen and oxygen atoms in total. The first-order valence-electron chi connectivity index (χ1n) is 8.92. The number of hydrogen-bond acceptors (Lipinski definition) is 5. The van der Waals surface area contributed by atoms with E-state index in [9.17, 15) is 0 Å². The minimum atomic E-state index is 0.777. The van der Waals surface area contributed by atoms with Gasteiger partial charge in [-0.25, -0.2) is 9.97 Å². The number of aromatic nitrogens is 2.